The van der Waals surface area contributed by atoms with Crippen LogP contribution in [0.15, 0.2) is 30.3 Å². The van der Waals surface area contributed by atoms with Gasteiger partial charge in [0.1, 0.15) is 0 Å². The normalized spacial score (nSPS) is 21.4. The van der Waals surface area contributed by atoms with E-state index in [1.807, 2.05) is 32.0 Å². The van der Waals surface area contributed by atoms with Gasteiger partial charge in [-0.05, 0) is 36.2 Å². The summed E-state index contributed by atoms with van der Waals surface area (Å²) < 4.78 is 0. The third-order valence-electron chi connectivity index (χ3n) is 4.25. The third-order valence-corrected chi connectivity index (χ3v) is 4.25. The van der Waals surface area contributed by atoms with Gasteiger partial charge in [0.2, 0.25) is 5.91 Å². The van der Waals surface area contributed by atoms with Crippen molar-refractivity contribution in [1.82, 2.24) is 5.32 Å². The van der Waals surface area contributed by atoms with Gasteiger partial charge in [-0.25, -0.2) is 0 Å². The summed E-state index contributed by atoms with van der Waals surface area (Å²) in [5.74, 6) is -0.161. The van der Waals surface area contributed by atoms with Gasteiger partial charge in [-0.15, -0.1) is 0 Å². The van der Waals surface area contributed by atoms with Crippen molar-refractivity contribution in [1.29, 1.82) is 0 Å². The zero-order chi connectivity index (χ0) is 16.1. The van der Waals surface area contributed by atoms with Crippen LogP contribution >= 0.6 is 0 Å². The first-order valence-electron chi connectivity index (χ1n) is 8.01. The van der Waals surface area contributed by atoms with Crippen molar-refractivity contribution in [2.24, 2.45) is 17.8 Å². The number of carboxylic acid groups (broad SMARTS) is 1. The summed E-state index contributed by atoms with van der Waals surface area (Å²) in [5, 5.41) is 12.0. The lowest BCUT2D eigenvalue weighted by molar-refractivity contribution is -0.142. The highest BCUT2D eigenvalue weighted by molar-refractivity contribution is 5.78. The maximum absolute atomic E-state index is 12.0. The standard InChI is InChI=1S/C18H25NO3/c1-12(2)8-15(18(21)22)11-19-17(20)10-14-9-16(14)13-6-4-3-5-7-13/h3-7,12,14-16H,8-11H2,1-2H3,(H,19,20)(H,21,22)/t14-,15?,16-/m0/s1. The number of nitrogens with one attached hydrogen (secondary N) is 1. The van der Waals surface area contributed by atoms with Gasteiger partial charge in [-0.3, -0.25) is 9.59 Å². The van der Waals surface area contributed by atoms with Crippen molar-refractivity contribution in [2.45, 2.75) is 39.0 Å². The Hall–Kier alpha value is -1.84. The Labute approximate surface area is 131 Å². The van der Waals surface area contributed by atoms with Crippen molar-refractivity contribution in [3.05, 3.63) is 35.9 Å². The molecule has 22 heavy (non-hydrogen) atoms. The summed E-state index contributed by atoms with van der Waals surface area (Å²) >= 11 is 0. The van der Waals surface area contributed by atoms with Crippen LogP contribution < -0.4 is 5.32 Å². The van der Waals surface area contributed by atoms with E-state index in [0.717, 1.165) is 6.42 Å². The van der Waals surface area contributed by atoms with E-state index in [9.17, 15) is 9.59 Å². The lowest BCUT2D eigenvalue weighted by Crippen LogP contribution is -2.33. The topological polar surface area (TPSA) is 66.4 Å². The lowest BCUT2D eigenvalue weighted by Gasteiger charge is -2.15. The average Bonchev–Trinajstić information content (AvgIpc) is 3.23. The quantitative estimate of drug-likeness (QED) is 0.775. The number of carbonyl (C=O) groups excluding carboxylic acids is 1. The minimum absolute atomic E-state index is 0.0292. The monoisotopic (exact) mass is 303 g/mol. The van der Waals surface area contributed by atoms with Crippen LogP contribution in [0.2, 0.25) is 0 Å². The molecular weight excluding hydrogens is 278 g/mol. The second kappa shape index (κ2) is 7.43. The molecule has 1 aromatic rings. The largest absolute Gasteiger partial charge is 0.481 e. The van der Waals surface area contributed by atoms with Crippen LogP contribution in [0, 0.1) is 17.8 Å². The predicted molar refractivity (Wildman–Crippen MR) is 85.5 cm³/mol. The Morgan fingerprint density at radius 1 is 1.27 bits per heavy atom. The van der Waals surface area contributed by atoms with E-state index in [1.54, 1.807) is 0 Å². The van der Waals surface area contributed by atoms with Crippen LogP contribution in [0.4, 0.5) is 0 Å². The SMILES string of the molecule is CC(C)CC(CNC(=O)C[C@@H]1C[C@H]1c1ccccc1)C(=O)O. The lowest BCUT2D eigenvalue weighted by atomic mass is 9.97. The molecule has 2 N–H and O–H groups in total. The molecule has 0 spiro atoms. The average molecular weight is 303 g/mol. The smallest absolute Gasteiger partial charge is 0.308 e. The van der Waals surface area contributed by atoms with Gasteiger partial charge < -0.3 is 10.4 Å². The number of hydrogen-bond acceptors (Lipinski definition) is 2. The Bertz CT molecular complexity index is 512. The van der Waals surface area contributed by atoms with Crippen LogP contribution in [0.1, 0.15) is 44.6 Å². The van der Waals surface area contributed by atoms with E-state index < -0.39 is 11.9 Å². The highest BCUT2D eigenvalue weighted by atomic mass is 16.4. The highest BCUT2D eigenvalue weighted by Crippen LogP contribution is 2.49. The van der Waals surface area contributed by atoms with Gasteiger partial charge in [0.15, 0.2) is 0 Å². The first kappa shape index (κ1) is 16.5. The summed E-state index contributed by atoms with van der Waals surface area (Å²) in [6.07, 6.45) is 2.13. The summed E-state index contributed by atoms with van der Waals surface area (Å²) in [6.45, 7) is 4.22. The predicted octanol–water partition coefficient (Wildman–Crippen LogP) is 3.04. The van der Waals surface area contributed by atoms with Gasteiger partial charge in [0.25, 0.3) is 0 Å². The van der Waals surface area contributed by atoms with E-state index in [1.165, 1.54) is 5.56 Å². The van der Waals surface area contributed by atoms with Gasteiger partial charge in [0, 0.05) is 13.0 Å². The molecule has 0 heterocycles. The maximum atomic E-state index is 12.0. The Kier molecular flexibility index (Phi) is 5.58. The molecule has 0 aliphatic heterocycles. The van der Waals surface area contributed by atoms with Crippen LogP contribution in [0.25, 0.3) is 0 Å². The molecule has 3 atom stereocenters. The van der Waals surface area contributed by atoms with Crippen molar-refractivity contribution in [3.8, 4) is 0 Å². The molecule has 1 amide bonds. The molecule has 0 aromatic heterocycles. The van der Waals surface area contributed by atoms with Crippen LogP contribution in [-0.2, 0) is 9.59 Å². The number of hydrogen-bond donors (Lipinski definition) is 2. The second-order valence-electron chi connectivity index (χ2n) is 6.69. The molecule has 1 aliphatic rings. The fourth-order valence-corrected chi connectivity index (χ4v) is 2.97. The summed E-state index contributed by atoms with van der Waals surface area (Å²) in [7, 11) is 0. The van der Waals surface area contributed by atoms with Gasteiger partial charge >= 0.3 is 5.97 Å². The number of carbonyl (C=O) groups is 2. The molecule has 1 unspecified atom stereocenters. The highest BCUT2D eigenvalue weighted by Gasteiger charge is 2.39. The molecule has 0 radical (unpaired) electrons. The molecule has 2 rings (SSSR count). The molecule has 0 bridgehead atoms. The number of benzene rings is 1. The minimum atomic E-state index is -0.831. The molecule has 1 aromatic carbocycles. The van der Waals surface area contributed by atoms with Gasteiger partial charge in [-0.1, -0.05) is 44.2 Å². The number of aliphatic carboxylic acids is 1. The molecule has 4 nitrogen and oxygen atoms in total. The van der Waals surface area contributed by atoms with Crippen LogP contribution in [-0.4, -0.2) is 23.5 Å². The fourth-order valence-electron chi connectivity index (χ4n) is 2.97. The van der Waals surface area contributed by atoms with Crippen LogP contribution in [0.5, 0.6) is 0 Å². The van der Waals surface area contributed by atoms with E-state index in [0.29, 0.717) is 30.6 Å². The van der Waals surface area contributed by atoms with E-state index >= 15 is 0 Å². The van der Waals surface area contributed by atoms with Crippen molar-refractivity contribution < 1.29 is 14.7 Å². The van der Waals surface area contributed by atoms with Crippen molar-refractivity contribution >= 4 is 11.9 Å². The minimum Gasteiger partial charge on any atom is -0.481 e. The number of carboxylic acids is 1. The van der Waals surface area contributed by atoms with Crippen LogP contribution in [0.3, 0.4) is 0 Å². The molecule has 120 valence electrons. The van der Waals surface area contributed by atoms with E-state index in [-0.39, 0.29) is 12.5 Å². The van der Waals surface area contributed by atoms with E-state index in [4.69, 9.17) is 5.11 Å². The molecule has 4 heteroatoms. The van der Waals surface area contributed by atoms with Crippen molar-refractivity contribution in [2.75, 3.05) is 6.54 Å². The first-order chi connectivity index (χ1) is 10.5. The summed E-state index contributed by atoms with van der Waals surface area (Å²) in [5.41, 5.74) is 1.29. The van der Waals surface area contributed by atoms with Gasteiger partial charge in [-0.2, -0.15) is 0 Å². The first-order valence-corrected chi connectivity index (χ1v) is 8.01. The van der Waals surface area contributed by atoms with E-state index in [2.05, 4.69) is 17.4 Å². The number of amides is 1. The third kappa shape index (κ3) is 4.86. The molecule has 1 fully saturated rings. The zero-order valence-electron chi connectivity index (χ0n) is 13.3. The second-order valence-corrected chi connectivity index (χ2v) is 6.69. The maximum Gasteiger partial charge on any atom is 0.308 e. The Morgan fingerprint density at radius 3 is 2.55 bits per heavy atom. The summed E-state index contributed by atoms with van der Waals surface area (Å²) in [4.78, 5) is 23.1. The zero-order valence-corrected chi connectivity index (χ0v) is 13.3. The molecule has 1 aliphatic carbocycles. The van der Waals surface area contributed by atoms with Crippen molar-refractivity contribution in [3.63, 3.8) is 0 Å². The fraction of sp³-hybridized carbons (Fsp3) is 0.556. The molecule has 0 saturated heterocycles. The Balaban J connectivity index is 1.74. The van der Waals surface area contributed by atoms with Gasteiger partial charge in [0.05, 0.1) is 5.92 Å². The number of rotatable bonds is 8. The molecular formula is C18H25NO3. The molecule has 1 saturated carbocycles. The summed E-state index contributed by atoms with van der Waals surface area (Å²) in [6, 6.07) is 10.2. The Morgan fingerprint density at radius 2 is 1.95 bits per heavy atom.